The molecular weight excluding hydrogens is 346 g/mol. The first kappa shape index (κ1) is 26.9. The predicted molar refractivity (Wildman–Crippen MR) is 129 cm³/mol. The zero-order valence-corrected chi connectivity index (χ0v) is 19.8. The Labute approximate surface area is 178 Å². The predicted octanol–water partition coefficient (Wildman–Crippen LogP) is 9.09. The van der Waals surface area contributed by atoms with E-state index < -0.39 is 0 Å². The Morgan fingerprint density at radius 1 is 0.444 bits per heavy atom. The third-order valence-corrected chi connectivity index (χ3v) is 6.04. The monoisotopic (exact) mass is 397 g/mol. The molecule has 0 aliphatic heterocycles. The van der Waals surface area contributed by atoms with Crippen molar-refractivity contribution in [3.8, 4) is 0 Å². The van der Waals surface area contributed by atoms with Crippen molar-refractivity contribution >= 4 is 17.7 Å². The first-order valence-electron chi connectivity index (χ1n) is 12.5. The second-order valence-corrected chi connectivity index (χ2v) is 8.72. The van der Waals surface area contributed by atoms with Gasteiger partial charge in [-0.05, 0) is 12.8 Å². The fraction of sp³-hybridized carbons (Fsp3) is 0.960. The number of nitrogens with zero attached hydrogens (tertiary/aromatic N) is 1. The highest BCUT2D eigenvalue weighted by atomic mass is 32.1. The maximum absolute atomic E-state index is 5.21. The van der Waals surface area contributed by atoms with Gasteiger partial charge in [-0.25, -0.2) is 0 Å². The Hall–Kier alpha value is -0.110. The molecule has 0 saturated carbocycles. The minimum Gasteiger partial charge on any atom is -0.369 e. The van der Waals surface area contributed by atoms with Crippen LogP contribution in [-0.2, 0) is 0 Å². The highest BCUT2D eigenvalue weighted by Gasteiger charge is 2.00. The molecule has 0 fully saturated rings. The Bertz CT molecular complexity index is 255. The van der Waals surface area contributed by atoms with Crippen LogP contribution in [0.5, 0.6) is 0 Å². The van der Waals surface area contributed by atoms with Crippen molar-refractivity contribution in [1.82, 2.24) is 4.90 Å². The van der Waals surface area contributed by atoms with Gasteiger partial charge in [0, 0.05) is 13.1 Å². The van der Waals surface area contributed by atoms with Crippen molar-refractivity contribution in [1.29, 1.82) is 0 Å². The van der Waals surface area contributed by atoms with E-state index in [1.807, 2.05) is 5.49 Å². The summed E-state index contributed by atoms with van der Waals surface area (Å²) < 4.78 is 0. The van der Waals surface area contributed by atoms with Crippen molar-refractivity contribution in [2.75, 3.05) is 13.1 Å². The van der Waals surface area contributed by atoms with Gasteiger partial charge in [0.15, 0.2) is 0 Å². The van der Waals surface area contributed by atoms with Crippen molar-refractivity contribution < 1.29 is 0 Å². The summed E-state index contributed by atoms with van der Waals surface area (Å²) in [5.74, 6) is 0. The highest BCUT2D eigenvalue weighted by molar-refractivity contribution is 7.78. The van der Waals surface area contributed by atoms with E-state index >= 15 is 0 Å². The van der Waals surface area contributed by atoms with Crippen LogP contribution in [0.4, 0.5) is 0 Å². The van der Waals surface area contributed by atoms with E-state index in [0.717, 1.165) is 0 Å². The average molecular weight is 398 g/mol. The van der Waals surface area contributed by atoms with Gasteiger partial charge in [0.1, 0.15) is 0 Å². The minimum absolute atomic E-state index is 1.18. The Morgan fingerprint density at radius 3 is 0.963 bits per heavy atom. The summed E-state index contributed by atoms with van der Waals surface area (Å²) in [7, 11) is 0. The molecule has 0 atom stereocenters. The van der Waals surface area contributed by atoms with E-state index in [1.54, 1.807) is 0 Å². The zero-order chi connectivity index (χ0) is 19.8. The normalized spacial score (nSPS) is 11.0. The largest absolute Gasteiger partial charge is 0.369 e. The molecule has 0 saturated heterocycles. The Kier molecular flexibility index (Phi) is 23.8. The van der Waals surface area contributed by atoms with Crippen LogP contribution < -0.4 is 0 Å². The quantitative estimate of drug-likeness (QED) is 0.125. The fourth-order valence-electron chi connectivity index (χ4n) is 3.82. The molecule has 0 rings (SSSR count). The van der Waals surface area contributed by atoms with Gasteiger partial charge >= 0.3 is 0 Å². The lowest BCUT2D eigenvalue weighted by Gasteiger charge is -2.18. The van der Waals surface area contributed by atoms with E-state index in [1.165, 1.54) is 142 Å². The molecule has 0 radical (unpaired) electrons. The molecule has 1 nitrogen and oxygen atoms in total. The average Bonchev–Trinajstić information content (AvgIpc) is 2.69. The summed E-state index contributed by atoms with van der Waals surface area (Å²) in [6.07, 6.45) is 28.2. The Morgan fingerprint density at radius 2 is 0.704 bits per heavy atom. The van der Waals surface area contributed by atoms with Crippen LogP contribution >= 0.6 is 12.2 Å². The van der Waals surface area contributed by atoms with Crippen LogP contribution in [0.2, 0.25) is 0 Å². The van der Waals surface area contributed by atoms with Gasteiger partial charge in [-0.2, -0.15) is 0 Å². The SMILES string of the molecule is CCCCCCCCCCCCN(C=S)CCCCCCCCCCCC. The fourth-order valence-corrected chi connectivity index (χ4v) is 4.03. The Balaban J connectivity index is 3.29. The number of rotatable bonds is 23. The van der Waals surface area contributed by atoms with Crippen LogP contribution in [0, 0.1) is 0 Å². The van der Waals surface area contributed by atoms with Crippen molar-refractivity contribution in [3.63, 3.8) is 0 Å². The lowest BCUT2D eigenvalue weighted by Crippen LogP contribution is -2.23. The van der Waals surface area contributed by atoms with Crippen LogP contribution in [0.1, 0.15) is 142 Å². The van der Waals surface area contributed by atoms with Crippen LogP contribution in [0.15, 0.2) is 0 Å². The molecule has 162 valence electrons. The van der Waals surface area contributed by atoms with Gasteiger partial charge in [0.25, 0.3) is 0 Å². The van der Waals surface area contributed by atoms with E-state index in [9.17, 15) is 0 Å². The molecule has 2 heteroatoms. The molecule has 0 bridgehead atoms. The molecule has 0 heterocycles. The third-order valence-electron chi connectivity index (χ3n) is 5.75. The minimum atomic E-state index is 1.18. The molecule has 0 aromatic carbocycles. The van der Waals surface area contributed by atoms with Gasteiger partial charge < -0.3 is 4.90 Å². The number of hydrogen-bond donors (Lipinski definition) is 0. The molecule has 0 unspecified atom stereocenters. The molecule has 0 spiro atoms. The first-order valence-corrected chi connectivity index (χ1v) is 13.0. The van der Waals surface area contributed by atoms with E-state index in [-0.39, 0.29) is 0 Å². The van der Waals surface area contributed by atoms with Crippen LogP contribution in [0.25, 0.3) is 0 Å². The maximum atomic E-state index is 5.21. The third kappa shape index (κ3) is 22.0. The van der Waals surface area contributed by atoms with E-state index in [2.05, 4.69) is 18.7 Å². The van der Waals surface area contributed by atoms with Gasteiger partial charge in [0.2, 0.25) is 0 Å². The van der Waals surface area contributed by atoms with Gasteiger partial charge in [-0.3, -0.25) is 0 Å². The topological polar surface area (TPSA) is 3.24 Å². The van der Waals surface area contributed by atoms with Crippen molar-refractivity contribution in [2.45, 2.75) is 142 Å². The molecule has 0 amide bonds. The van der Waals surface area contributed by atoms with Crippen LogP contribution in [0.3, 0.4) is 0 Å². The van der Waals surface area contributed by atoms with E-state index in [0.29, 0.717) is 0 Å². The summed E-state index contributed by atoms with van der Waals surface area (Å²) in [6, 6.07) is 0. The van der Waals surface area contributed by atoms with Crippen molar-refractivity contribution in [3.05, 3.63) is 0 Å². The second kappa shape index (κ2) is 23.9. The van der Waals surface area contributed by atoms with Crippen LogP contribution in [-0.4, -0.2) is 23.5 Å². The molecule has 0 aromatic rings. The molecule has 0 aliphatic carbocycles. The number of unbranched alkanes of at least 4 members (excludes halogenated alkanes) is 18. The lowest BCUT2D eigenvalue weighted by molar-refractivity contribution is 0.397. The molecule has 0 aromatic heterocycles. The number of hydrogen-bond acceptors (Lipinski definition) is 1. The summed E-state index contributed by atoms with van der Waals surface area (Å²) in [4.78, 5) is 2.38. The summed E-state index contributed by atoms with van der Waals surface area (Å²) >= 11 is 5.21. The smallest absolute Gasteiger partial charge is 0.0640 e. The van der Waals surface area contributed by atoms with Crippen molar-refractivity contribution in [2.24, 2.45) is 0 Å². The lowest BCUT2D eigenvalue weighted by atomic mass is 10.1. The highest BCUT2D eigenvalue weighted by Crippen LogP contribution is 2.12. The standard InChI is InChI=1S/C25H51NS/c1-3-5-7-9-11-13-15-17-19-21-23-26(25-27)24-22-20-18-16-14-12-10-8-6-4-2/h25H,3-24H2,1-2H3. The summed E-state index contributed by atoms with van der Waals surface area (Å²) in [5.41, 5.74) is 1.90. The molecule has 0 N–H and O–H groups in total. The molecular formula is C25H51NS. The maximum Gasteiger partial charge on any atom is 0.0640 e. The molecule has 0 aliphatic rings. The summed E-state index contributed by atoms with van der Waals surface area (Å²) in [6.45, 7) is 6.94. The van der Waals surface area contributed by atoms with E-state index in [4.69, 9.17) is 12.2 Å². The van der Waals surface area contributed by atoms with Gasteiger partial charge in [-0.15, -0.1) is 0 Å². The first-order chi connectivity index (χ1) is 13.3. The second-order valence-electron chi connectivity index (χ2n) is 8.51. The van der Waals surface area contributed by atoms with Gasteiger partial charge in [0.05, 0.1) is 5.49 Å². The van der Waals surface area contributed by atoms with Gasteiger partial charge in [-0.1, -0.05) is 142 Å². The zero-order valence-electron chi connectivity index (χ0n) is 19.0. The molecule has 27 heavy (non-hydrogen) atoms. The summed E-state index contributed by atoms with van der Waals surface area (Å²) in [5, 5.41) is 0. The number of thiocarbonyl (C=S) groups is 1.